The number of thiazole rings is 1. The topological polar surface area (TPSA) is 77.2 Å². The number of nitrogens with zero attached hydrogens (tertiary/aromatic N) is 2. The van der Waals surface area contributed by atoms with Crippen molar-refractivity contribution in [3.05, 3.63) is 71.8 Å². The van der Waals surface area contributed by atoms with Crippen LogP contribution in [0.5, 0.6) is 5.75 Å². The molecule has 4 rings (SSSR count). The van der Waals surface area contributed by atoms with Crippen molar-refractivity contribution < 1.29 is 18.3 Å². The number of aromatic nitrogens is 2. The summed E-state index contributed by atoms with van der Waals surface area (Å²) in [6.07, 6.45) is 2.24. The molecule has 1 amide bonds. The third kappa shape index (κ3) is 4.55. The van der Waals surface area contributed by atoms with E-state index in [-0.39, 0.29) is 18.1 Å². The average Bonchev–Trinajstić information content (AvgIpc) is 3.43. The Balaban J connectivity index is 1.34. The number of oxazole rings is 1. The summed E-state index contributed by atoms with van der Waals surface area (Å²) in [5.41, 5.74) is 2.13. The largest absolute Gasteiger partial charge is 0.494 e. The lowest BCUT2D eigenvalue weighted by atomic mass is 10.1. The van der Waals surface area contributed by atoms with Gasteiger partial charge in [-0.3, -0.25) is 4.79 Å². The number of hydrogen-bond acceptors (Lipinski definition) is 6. The highest BCUT2D eigenvalue weighted by molar-refractivity contribution is 7.14. The van der Waals surface area contributed by atoms with Crippen molar-refractivity contribution in [2.45, 2.75) is 12.8 Å². The maximum atomic E-state index is 13.9. The van der Waals surface area contributed by atoms with Crippen LogP contribution in [-0.2, 0) is 11.2 Å². The lowest BCUT2D eigenvalue weighted by Gasteiger charge is -2.03. The number of carbonyl (C=O) groups excluding carboxylic acids is 1. The second-order valence-electron chi connectivity index (χ2n) is 6.42. The summed E-state index contributed by atoms with van der Waals surface area (Å²) in [5.74, 6) is 0.676. The zero-order chi connectivity index (χ0) is 20.9. The van der Waals surface area contributed by atoms with Gasteiger partial charge in [-0.05, 0) is 18.2 Å². The molecule has 0 aliphatic carbocycles. The highest BCUT2D eigenvalue weighted by Crippen LogP contribution is 2.28. The molecular weight excluding hydrogens is 405 g/mol. The van der Waals surface area contributed by atoms with Crippen molar-refractivity contribution in [1.29, 1.82) is 0 Å². The zero-order valence-corrected chi connectivity index (χ0v) is 16.9. The second kappa shape index (κ2) is 8.87. The summed E-state index contributed by atoms with van der Waals surface area (Å²) in [4.78, 5) is 20.8. The molecule has 6 nitrogen and oxygen atoms in total. The van der Waals surface area contributed by atoms with Crippen molar-refractivity contribution in [2.75, 3.05) is 12.4 Å². The van der Waals surface area contributed by atoms with E-state index in [1.54, 1.807) is 23.7 Å². The third-order valence-corrected chi connectivity index (χ3v) is 5.13. The van der Waals surface area contributed by atoms with E-state index in [0.717, 1.165) is 5.56 Å². The van der Waals surface area contributed by atoms with E-state index in [1.165, 1.54) is 24.5 Å². The number of aryl methyl sites for hydroxylation is 1. The molecule has 0 spiro atoms. The Kier molecular flexibility index (Phi) is 5.85. The molecule has 8 heteroatoms. The Bertz CT molecular complexity index is 1160. The van der Waals surface area contributed by atoms with Crippen molar-refractivity contribution >= 4 is 22.4 Å². The monoisotopic (exact) mass is 423 g/mol. The average molecular weight is 423 g/mol. The molecule has 0 unspecified atom stereocenters. The number of hydrogen-bond donors (Lipinski definition) is 1. The maximum Gasteiger partial charge on any atom is 0.226 e. The predicted molar refractivity (Wildman–Crippen MR) is 113 cm³/mol. The minimum atomic E-state index is -0.464. The van der Waals surface area contributed by atoms with E-state index >= 15 is 0 Å². The van der Waals surface area contributed by atoms with E-state index in [4.69, 9.17) is 9.15 Å². The van der Waals surface area contributed by atoms with Gasteiger partial charge in [0.15, 0.2) is 28.3 Å². The fourth-order valence-electron chi connectivity index (χ4n) is 2.85. The van der Waals surface area contributed by atoms with Gasteiger partial charge in [-0.15, -0.1) is 11.3 Å². The molecule has 0 atom stereocenters. The van der Waals surface area contributed by atoms with Crippen molar-refractivity contribution in [3.63, 3.8) is 0 Å². The van der Waals surface area contributed by atoms with E-state index in [1.807, 2.05) is 30.3 Å². The smallest absolute Gasteiger partial charge is 0.226 e. The lowest BCUT2D eigenvalue weighted by molar-refractivity contribution is -0.116. The SMILES string of the molecule is COc1ccc(-c2csc(NC(=O)CCc3ncc(-c4ccccc4)o3)n2)cc1F. The van der Waals surface area contributed by atoms with Crippen LogP contribution in [0.1, 0.15) is 12.3 Å². The number of methoxy groups -OCH3 is 1. The molecule has 2 aromatic carbocycles. The lowest BCUT2D eigenvalue weighted by Crippen LogP contribution is -2.12. The molecule has 0 fully saturated rings. The third-order valence-electron chi connectivity index (χ3n) is 4.38. The van der Waals surface area contributed by atoms with Crippen LogP contribution < -0.4 is 10.1 Å². The number of carbonyl (C=O) groups is 1. The fourth-order valence-corrected chi connectivity index (χ4v) is 3.59. The van der Waals surface area contributed by atoms with Crippen LogP contribution in [0.25, 0.3) is 22.6 Å². The first-order valence-corrected chi connectivity index (χ1v) is 10.1. The van der Waals surface area contributed by atoms with E-state index in [0.29, 0.717) is 34.5 Å². The summed E-state index contributed by atoms with van der Waals surface area (Å²) in [6.45, 7) is 0. The van der Waals surface area contributed by atoms with Gasteiger partial charge in [0.25, 0.3) is 0 Å². The molecule has 1 N–H and O–H groups in total. The molecule has 4 aromatic rings. The van der Waals surface area contributed by atoms with Gasteiger partial charge in [0.2, 0.25) is 5.91 Å². The van der Waals surface area contributed by atoms with Gasteiger partial charge >= 0.3 is 0 Å². The van der Waals surface area contributed by atoms with Gasteiger partial charge in [0.05, 0.1) is 19.0 Å². The number of anilines is 1. The van der Waals surface area contributed by atoms with Gasteiger partial charge in [-0.1, -0.05) is 30.3 Å². The first-order valence-electron chi connectivity index (χ1n) is 9.22. The molecule has 0 aliphatic heterocycles. The quantitative estimate of drug-likeness (QED) is 0.443. The van der Waals surface area contributed by atoms with E-state index in [2.05, 4.69) is 15.3 Å². The number of ether oxygens (including phenoxy) is 1. The molecule has 0 saturated carbocycles. The summed E-state index contributed by atoms with van der Waals surface area (Å²) in [7, 11) is 1.41. The van der Waals surface area contributed by atoms with E-state index < -0.39 is 5.82 Å². The maximum absolute atomic E-state index is 13.9. The van der Waals surface area contributed by atoms with Crippen molar-refractivity contribution in [2.24, 2.45) is 0 Å². The van der Waals surface area contributed by atoms with Gasteiger partial charge in [0.1, 0.15) is 0 Å². The minimum Gasteiger partial charge on any atom is -0.494 e. The van der Waals surface area contributed by atoms with E-state index in [9.17, 15) is 9.18 Å². The second-order valence-corrected chi connectivity index (χ2v) is 7.28. The summed E-state index contributed by atoms with van der Waals surface area (Å²) in [5, 5.41) is 4.97. The standard InChI is InChI=1S/C22H18FN3O3S/c1-28-18-8-7-15(11-16(18)23)17-13-30-22(25-17)26-20(27)9-10-21-24-12-19(29-21)14-5-3-2-4-6-14/h2-8,11-13H,9-10H2,1H3,(H,25,26,27). The van der Waals surface area contributed by atoms with Crippen LogP contribution in [0.4, 0.5) is 9.52 Å². The fraction of sp³-hybridized carbons (Fsp3) is 0.136. The molecule has 0 radical (unpaired) electrons. The molecule has 152 valence electrons. The summed E-state index contributed by atoms with van der Waals surface area (Å²) >= 11 is 1.28. The number of nitrogens with one attached hydrogen (secondary N) is 1. The minimum absolute atomic E-state index is 0.171. The van der Waals surface area contributed by atoms with Crippen LogP contribution >= 0.6 is 11.3 Å². The Morgan fingerprint density at radius 1 is 1.20 bits per heavy atom. The Labute approximate surface area is 176 Å². The Morgan fingerprint density at radius 3 is 2.80 bits per heavy atom. The predicted octanol–water partition coefficient (Wildman–Crippen LogP) is 5.18. The molecule has 30 heavy (non-hydrogen) atoms. The molecule has 0 bridgehead atoms. The van der Waals surface area contributed by atoms with Crippen LogP contribution in [0.3, 0.4) is 0 Å². The Hall–Kier alpha value is -3.52. The Morgan fingerprint density at radius 2 is 2.03 bits per heavy atom. The number of amides is 1. The van der Waals surface area contributed by atoms with Crippen molar-refractivity contribution in [1.82, 2.24) is 9.97 Å². The van der Waals surface area contributed by atoms with Gasteiger partial charge in [-0.25, -0.2) is 14.4 Å². The number of benzene rings is 2. The molecular formula is C22H18FN3O3S. The summed E-state index contributed by atoms with van der Waals surface area (Å²) in [6, 6.07) is 14.3. The first-order chi connectivity index (χ1) is 14.6. The van der Waals surface area contributed by atoms with Gasteiger partial charge in [0, 0.05) is 29.3 Å². The normalized spacial score (nSPS) is 10.7. The van der Waals surface area contributed by atoms with Crippen LogP contribution in [-0.4, -0.2) is 23.0 Å². The molecule has 2 aromatic heterocycles. The van der Waals surface area contributed by atoms with Gasteiger partial charge < -0.3 is 14.5 Å². The number of rotatable bonds is 7. The highest BCUT2D eigenvalue weighted by Gasteiger charge is 2.12. The molecule has 2 heterocycles. The molecule has 0 saturated heterocycles. The highest BCUT2D eigenvalue weighted by atomic mass is 32.1. The van der Waals surface area contributed by atoms with Gasteiger partial charge in [-0.2, -0.15) is 0 Å². The number of halogens is 1. The van der Waals surface area contributed by atoms with Crippen LogP contribution in [0, 0.1) is 5.82 Å². The van der Waals surface area contributed by atoms with Crippen molar-refractivity contribution in [3.8, 4) is 28.3 Å². The van der Waals surface area contributed by atoms with Crippen LogP contribution in [0.15, 0.2) is 64.5 Å². The zero-order valence-electron chi connectivity index (χ0n) is 16.1. The molecule has 0 aliphatic rings. The summed E-state index contributed by atoms with van der Waals surface area (Å²) < 4.78 is 24.5. The van der Waals surface area contributed by atoms with Crippen LogP contribution in [0.2, 0.25) is 0 Å². The first kappa shape index (κ1) is 19.8.